The lowest BCUT2D eigenvalue weighted by molar-refractivity contribution is -0.136. The number of nitrogens with zero attached hydrogens (tertiary/aromatic N) is 2. The number of aryl methyl sites for hydroxylation is 1. The Balaban J connectivity index is 1.87. The molecule has 1 unspecified atom stereocenters. The molecule has 3 aromatic rings. The van der Waals surface area contributed by atoms with Gasteiger partial charge < -0.3 is 5.32 Å². The van der Waals surface area contributed by atoms with Crippen molar-refractivity contribution in [3.63, 3.8) is 0 Å². The van der Waals surface area contributed by atoms with Crippen molar-refractivity contribution in [2.75, 3.05) is 0 Å². The van der Waals surface area contributed by atoms with E-state index in [0.717, 1.165) is 11.1 Å². The summed E-state index contributed by atoms with van der Waals surface area (Å²) in [5, 5.41) is 10.9. The zero-order valence-corrected chi connectivity index (χ0v) is 15.8. The number of ketones is 2. The van der Waals surface area contributed by atoms with E-state index >= 15 is 0 Å². The molecule has 0 fully saturated rings. The SMILES string of the molecule is CC(=O)C(=O)C(Cc1ccccc1)NC(=O)c1cn(C)nc1-c1ccsc1. The number of hydrogen-bond acceptors (Lipinski definition) is 5. The number of carbonyl (C=O) groups is 3. The number of benzene rings is 1. The third-order valence-electron chi connectivity index (χ3n) is 4.12. The summed E-state index contributed by atoms with van der Waals surface area (Å²) < 4.78 is 1.56. The highest BCUT2D eigenvalue weighted by atomic mass is 32.1. The Morgan fingerprint density at radius 3 is 2.56 bits per heavy atom. The molecule has 2 heterocycles. The van der Waals surface area contributed by atoms with E-state index in [-0.39, 0.29) is 6.42 Å². The Kier molecular flexibility index (Phi) is 5.61. The molecule has 2 aromatic heterocycles. The van der Waals surface area contributed by atoms with Crippen LogP contribution >= 0.6 is 11.3 Å². The van der Waals surface area contributed by atoms with Gasteiger partial charge in [0.25, 0.3) is 5.91 Å². The van der Waals surface area contributed by atoms with Crippen LogP contribution in [0.15, 0.2) is 53.4 Å². The normalized spacial score (nSPS) is 11.8. The summed E-state index contributed by atoms with van der Waals surface area (Å²) in [4.78, 5) is 36.9. The van der Waals surface area contributed by atoms with Crippen molar-refractivity contribution < 1.29 is 14.4 Å². The van der Waals surface area contributed by atoms with Crippen molar-refractivity contribution >= 4 is 28.8 Å². The topological polar surface area (TPSA) is 81.1 Å². The van der Waals surface area contributed by atoms with Crippen LogP contribution in [0.1, 0.15) is 22.8 Å². The molecule has 1 amide bonds. The summed E-state index contributed by atoms with van der Waals surface area (Å²) in [6.45, 7) is 1.22. The molecule has 138 valence electrons. The van der Waals surface area contributed by atoms with Crippen LogP contribution in [-0.4, -0.2) is 33.3 Å². The quantitative estimate of drug-likeness (QED) is 0.638. The average molecular weight is 381 g/mol. The number of hydrogen-bond donors (Lipinski definition) is 1. The highest BCUT2D eigenvalue weighted by molar-refractivity contribution is 7.08. The zero-order chi connectivity index (χ0) is 19.4. The molecule has 0 radical (unpaired) electrons. The fourth-order valence-corrected chi connectivity index (χ4v) is 3.45. The molecule has 6 nitrogen and oxygen atoms in total. The molecule has 3 rings (SSSR count). The van der Waals surface area contributed by atoms with E-state index in [2.05, 4.69) is 10.4 Å². The fourth-order valence-electron chi connectivity index (χ4n) is 2.81. The van der Waals surface area contributed by atoms with Crippen LogP contribution in [-0.2, 0) is 23.1 Å². The molecular formula is C20H19N3O3S. The summed E-state index contributed by atoms with van der Waals surface area (Å²) in [6, 6.07) is 10.2. The van der Waals surface area contributed by atoms with E-state index in [1.54, 1.807) is 17.9 Å². The highest BCUT2D eigenvalue weighted by Gasteiger charge is 2.27. The molecule has 0 spiro atoms. The van der Waals surface area contributed by atoms with E-state index < -0.39 is 23.5 Å². The second kappa shape index (κ2) is 8.09. The van der Waals surface area contributed by atoms with Crippen molar-refractivity contribution in [1.29, 1.82) is 0 Å². The summed E-state index contributed by atoms with van der Waals surface area (Å²) >= 11 is 1.51. The van der Waals surface area contributed by atoms with Gasteiger partial charge in [-0.2, -0.15) is 16.4 Å². The summed E-state index contributed by atoms with van der Waals surface area (Å²) in [7, 11) is 1.73. The van der Waals surface area contributed by atoms with Crippen molar-refractivity contribution in [2.45, 2.75) is 19.4 Å². The van der Waals surface area contributed by atoms with Gasteiger partial charge in [0.15, 0.2) is 5.78 Å². The largest absolute Gasteiger partial charge is 0.341 e. The molecule has 7 heteroatoms. The highest BCUT2D eigenvalue weighted by Crippen LogP contribution is 2.24. The van der Waals surface area contributed by atoms with Crippen LogP contribution in [0, 0.1) is 0 Å². The summed E-state index contributed by atoms with van der Waals surface area (Å²) in [6.07, 6.45) is 1.86. The van der Waals surface area contributed by atoms with Gasteiger partial charge in [0.05, 0.1) is 11.6 Å². The standard InChI is InChI=1S/C20H19N3O3S/c1-13(24)19(25)17(10-14-6-4-3-5-7-14)21-20(26)16-11-23(2)22-18(16)15-8-9-27-12-15/h3-9,11-12,17H,10H2,1-2H3,(H,21,26). The summed E-state index contributed by atoms with van der Waals surface area (Å²) in [5.41, 5.74) is 2.61. The number of rotatable bonds is 7. The zero-order valence-electron chi connectivity index (χ0n) is 15.0. The van der Waals surface area contributed by atoms with Crippen molar-refractivity contribution in [3.8, 4) is 11.3 Å². The lowest BCUT2D eigenvalue weighted by Crippen LogP contribution is -2.44. The van der Waals surface area contributed by atoms with Gasteiger partial charge in [-0.15, -0.1) is 0 Å². The minimum Gasteiger partial charge on any atom is -0.341 e. The Morgan fingerprint density at radius 2 is 1.93 bits per heavy atom. The second-order valence-corrected chi connectivity index (χ2v) is 6.99. The first kappa shape index (κ1) is 18.7. The minimum absolute atomic E-state index is 0.249. The lowest BCUT2D eigenvalue weighted by atomic mass is 10.00. The van der Waals surface area contributed by atoms with Crippen LogP contribution in [0.4, 0.5) is 0 Å². The number of Topliss-reactive ketones (excluding diaryl/α,β-unsaturated/α-hetero) is 2. The Bertz CT molecular complexity index is 962. The smallest absolute Gasteiger partial charge is 0.255 e. The number of thiophene rings is 1. The molecule has 0 saturated carbocycles. The molecule has 0 bridgehead atoms. The lowest BCUT2D eigenvalue weighted by Gasteiger charge is -2.16. The number of amides is 1. The fraction of sp³-hybridized carbons (Fsp3) is 0.200. The first-order valence-corrected chi connectivity index (χ1v) is 9.35. The van der Waals surface area contributed by atoms with E-state index in [9.17, 15) is 14.4 Å². The maximum absolute atomic E-state index is 12.9. The minimum atomic E-state index is -0.923. The van der Waals surface area contributed by atoms with Gasteiger partial charge in [-0.1, -0.05) is 30.3 Å². The predicted octanol–water partition coefficient (Wildman–Crippen LogP) is 2.65. The van der Waals surface area contributed by atoms with Gasteiger partial charge in [0.1, 0.15) is 5.69 Å². The molecule has 0 saturated heterocycles. The molecule has 0 aliphatic heterocycles. The van der Waals surface area contributed by atoms with Crippen LogP contribution in [0.5, 0.6) is 0 Å². The molecule has 0 aliphatic rings. The number of carbonyl (C=O) groups excluding carboxylic acids is 3. The van der Waals surface area contributed by atoms with E-state index in [1.807, 2.05) is 47.2 Å². The molecule has 1 atom stereocenters. The third kappa shape index (κ3) is 4.38. The van der Waals surface area contributed by atoms with Gasteiger partial charge in [-0.3, -0.25) is 19.1 Å². The molecular weight excluding hydrogens is 362 g/mol. The van der Waals surface area contributed by atoms with Gasteiger partial charge in [-0.25, -0.2) is 0 Å². The van der Waals surface area contributed by atoms with Crippen molar-refractivity contribution in [1.82, 2.24) is 15.1 Å². The number of aromatic nitrogens is 2. The molecule has 0 aliphatic carbocycles. The predicted molar refractivity (Wildman–Crippen MR) is 104 cm³/mol. The molecule has 27 heavy (non-hydrogen) atoms. The Labute approximate surface area is 160 Å². The van der Waals surface area contributed by atoms with Crippen LogP contribution in [0.2, 0.25) is 0 Å². The number of nitrogens with one attached hydrogen (secondary N) is 1. The first-order chi connectivity index (χ1) is 13.0. The van der Waals surface area contributed by atoms with E-state index in [0.29, 0.717) is 11.3 Å². The van der Waals surface area contributed by atoms with Crippen molar-refractivity contribution in [2.24, 2.45) is 7.05 Å². The average Bonchev–Trinajstić information content (AvgIpc) is 3.30. The summed E-state index contributed by atoms with van der Waals surface area (Å²) in [5.74, 6) is -1.63. The van der Waals surface area contributed by atoms with Crippen LogP contribution in [0.3, 0.4) is 0 Å². The first-order valence-electron chi connectivity index (χ1n) is 8.41. The third-order valence-corrected chi connectivity index (χ3v) is 4.80. The van der Waals surface area contributed by atoms with E-state index in [4.69, 9.17) is 0 Å². The van der Waals surface area contributed by atoms with Gasteiger partial charge in [0, 0.05) is 37.5 Å². The van der Waals surface area contributed by atoms with E-state index in [1.165, 1.54) is 18.3 Å². The Morgan fingerprint density at radius 1 is 1.19 bits per heavy atom. The van der Waals surface area contributed by atoms with Crippen LogP contribution in [0.25, 0.3) is 11.3 Å². The van der Waals surface area contributed by atoms with Crippen LogP contribution < -0.4 is 5.32 Å². The maximum Gasteiger partial charge on any atom is 0.255 e. The van der Waals surface area contributed by atoms with Gasteiger partial charge >= 0.3 is 0 Å². The molecule has 1 N–H and O–H groups in total. The Hall–Kier alpha value is -3.06. The van der Waals surface area contributed by atoms with Gasteiger partial charge in [0.2, 0.25) is 5.78 Å². The van der Waals surface area contributed by atoms with Crippen molar-refractivity contribution in [3.05, 3.63) is 64.5 Å². The molecule has 1 aromatic carbocycles. The van der Waals surface area contributed by atoms with Gasteiger partial charge in [-0.05, 0) is 17.0 Å². The monoisotopic (exact) mass is 381 g/mol. The second-order valence-electron chi connectivity index (χ2n) is 6.21. The maximum atomic E-state index is 12.9.